The maximum atomic E-state index is 12.3. The van der Waals surface area contributed by atoms with Gasteiger partial charge in [0.15, 0.2) is 11.5 Å². The number of halogens is 1. The largest absolute Gasteiger partial charge is 0.489 e. The number of aromatic nitrogens is 3. The van der Waals surface area contributed by atoms with Crippen molar-refractivity contribution in [2.45, 2.75) is 19.4 Å². The van der Waals surface area contributed by atoms with Gasteiger partial charge in [0, 0.05) is 31.6 Å². The lowest BCUT2D eigenvalue weighted by molar-refractivity contribution is -0.120. The van der Waals surface area contributed by atoms with Gasteiger partial charge in [-0.15, -0.1) is 0 Å². The van der Waals surface area contributed by atoms with Gasteiger partial charge >= 0.3 is 0 Å². The van der Waals surface area contributed by atoms with Crippen LogP contribution >= 0.6 is 11.6 Å². The molecular weight excluding hydrogens is 380 g/mol. The van der Waals surface area contributed by atoms with E-state index in [-0.39, 0.29) is 12.3 Å². The second-order valence-electron chi connectivity index (χ2n) is 6.40. The lowest BCUT2D eigenvalue weighted by Gasteiger charge is -2.12. The van der Waals surface area contributed by atoms with Gasteiger partial charge in [-0.25, -0.2) is 9.97 Å². The molecule has 144 valence electrons. The molecule has 3 heterocycles. The first kappa shape index (κ1) is 18.3. The zero-order chi connectivity index (χ0) is 19.3. The number of ether oxygens (including phenoxy) is 2. The van der Waals surface area contributed by atoms with Gasteiger partial charge in [-0.3, -0.25) is 9.36 Å². The Labute approximate surface area is 167 Å². The van der Waals surface area contributed by atoms with Crippen molar-refractivity contribution in [3.63, 3.8) is 0 Å². The van der Waals surface area contributed by atoms with Gasteiger partial charge in [0.2, 0.25) is 5.91 Å². The van der Waals surface area contributed by atoms with Crippen molar-refractivity contribution >= 4 is 17.5 Å². The molecule has 0 saturated carbocycles. The Morgan fingerprint density at radius 3 is 2.89 bits per heavy atom. The molecule has 4 rings (SSSR count). The second kappa shape index (κ2) is 8.31. The van der Waals surface area contributed by atoms with E-state index in [1.165, 1.54) is 0 Å². The molecule has 0 aliphatic carbocycles. The number of nitrogens with one attached hydrogen (secondary N) is 1. The van der Waals surface area contributed by atoms with Crippen LogP contribution in [0, 0.1) is 0 Å². The molecule has 0 fully saturated rings. The summed E-state index contributed by atoms with van der Waals surface area (Å²) >= 11 is 6.28. The SMILES string of the molecule is O=C(Cc1cc(Cl)c2c(c1)OCCCO2)NCc1ccc(-n2ccnc2)nc1. The quantitative estimate of drug-likeness (QED) is 0.715. The fourth-order valence-corrected chi connectivity index (χ4v) is 3.19. The number of pyridine rings is 1. The van der Waals surface area contributed by atoms with Crippen LogP contribution in [0.4, 0.5) is 0 Å². The Balaban J connectivity index is 1.36. The fourth-order valence-electron chi connectivity index (χ4n) is 2.90. The number of fused-ring (bicyclic) bond motifs is 1. The van der Waals surface area contributed by atoms with Crippen LogP contribution in [0.15, 0.2) is 49.2 Å². The van der Waals surface area contributed by atoms with Gasteiger partial charge in [-0.2, -0.15) is 0 Å². The van der Waals surface area contributed by atoms with Crippen LogP contribution in [0.5, 0.6) is 11.5 Å². The monoisotopic (exact) mass is 398 g/mol. The zero-order valence-corrected chi connectivity index (χ0v) is 15.9. The van der Waals surface area contributed by atoms with E-state index < -0.39 is 0 Å². The van der Waals surface area contributed by atoms with Crippen molar-refractivity contribution in [3.05, 3.63) is 65.3 Å². The molecule has 0 spiro atoms. The van der Waals surface area contributed by atoms with Gasteiger partial charge in [0.05, 0.1) is 24.7 Å². The van der Waals surface area contributed by atoms with Gasteiger partial charge in [-0.05, 0) is 29.3 Å². The third-order valence-corrected chi connectivity index (χ3v) is 4.58. The van der Waals surface area contributed by atoms with E-state index in [2.05, 4.69) is 15.3 Å². The maximum absolute atomic E-state index is 12.3. The number of carbonyl (C=O) groups excluding carboxylic acids is 1. The highest BCUT2D eigenvalue weighted by molar-refractivity contribution is 6.32. The second-order valence-corrected chi connectivity index (χ2v) is 6.81. The Bertz CT molecular complexity index is 958. The average Bonchev–Trinajstić information content (AvgIpc) is 3.13. The topological polar surface area (TPSA) is 78.3 Å². The van der Waals surface area contributed by atoms with Crippen LogP contribution < -0.4 is 14.8 Å². The van der Waals surface area contributed by atoms with Crippen LogP contribution in [-0.2, 0) is 17.8 Å². The number of amides is 1. The van der Waals surface area contributed by atoms with Gasteiger partial charge < -0.3 is 14.8 Å². The number of carbonyl (C=O) groups is 1. The fraction of sp³-hybridized carbons (Fsp3) is 0.250. The zero-order valence-electron chi connectivity index (χ0n) is 15.1. The summed E-state index contributed by atoms with van der Waals surface area (Å²) in [7, 11) is 0. The minimum absolute atomic E-state index is 0.107. The molecule has 0 atom stereocenters. The number of benzene rings is 1. The molecule has 2 aromatic heterocycles. The van der Waals surface area contributed by atoms with Crippen LogP contribution in [-0.4, -0.2) is 33.7 Å². The van der Waals surface area contributed by atoms with Crippen LogP contribution in [0.2, 0.25) is 5.02 Å². The summed E-state index contributed by atoms with van der Waals surface area (Å²) < 4.78 is 13.1. The molecule has 1 N–H and O–H groups in total. The van der Waals surface area contributed by atoms with E-state index >= 15 is 0 Å². The van der Waals surface area contributed by atoms with E-state index in [4.69, 9.17) is 21.1 Å². The van der Waals surface area contributed by atoms with Crippen LogP contribution in [0.25, 0.3) is 5.82 Å². The molecule has 7 nitrogen and oxygen atoms in total. The summed E-state index contributed by atoms with van der Waals surface area (Å²) in [5, 5.41) is 3.36. The van der Waals surface area contributed by atoms with Gasteiger partial charge in [0.1, 0.15) is 12.1 Å². The van der Waals surface area contributed by atoms with Crippen LogP contribution in [0.3, 0.4) is 0 Å². The molecule has 0 unspecified atom stereocenters. The van der Waals surface area contributed by atoms with Crippen molar-refractivity contribution in [3.8, 4) is 17.3 Å². The predicted molar refractivity (Wildman–Crippen MR) is 104 cm³/mol. The predicted octanol–water partition coefficient (Wildman–Crippen LogP) is 2.94. The standard InChI is InChI=1S/C20H19ClN4O3/c21-16-8-15(9-17-20(16)28-7-1-6-27-17)10-19(26)24-12-14-2-3-18(23-11-14)25-5-4-22-13-25/h2-5,8-9,11,13H,1,6-7,10,12H2,(H,24,26). The first-order chi connectivity index (χ1) is 13.7. The first-order valence-electron chi connectivity index (χ1n) is 8.97. The molecule has 0 bridgehead atoms. The van der Waals surface area contributed by atoms with Gasteiger partial charge in [-0.1, -0.05) is 17.7 Å². The summed E-state index contributed by atoms with van der Waals surface area (Å²) in [6, 6.07) is 7.36. The summed E-state index contributed by atoms with van der Waals surface area (Å²) in [5.74, 6) is 1.80. The smallest absolute Gasteiger partial charge is 0.224 e. The number of rotatable bonds is 5. The Kier molecular flexibility index (Phi) is 5.43. The van der Waals surface area contributed by atoms with E-state index in [0.29, 0.717) is 36.3 Å². The maximum Gasteiger partial charge on any atom is 0.224 e. The molecular formula is C20H19ClN4O3. The lowest BCUT2D eigenvalue weighted by Crippen LogP contribution is -2.24. The number of hydrogen-bond donors (Lipinski definition) is 1. The lowest BCUT2D eigenvalue weighted by atomic mass is 10.1. The molecule has 1 aromatic carbocycles. The average molecular weight is 399 g/mol. The third-order valence-electron chi connectivity index (χ3n) is 4.29. The number of imidazole rings is 1. The molecule has 0 radical (unpaired) electrons. The van der Waals surface area contributed by atoms with Crippen molar-refractivity contribution in [1.82, 2.24) is 19.9 Å². The summed E-state index contributed by atoms with van der Waals surface area (Å²) in [6.45, 7) is 1.54. The van der Waals surface area contributed by atoms with Crippen molar-refractivity contribution in [2.24, 2.45) is 0 Å². The number of hydrogen-bond acceptors (Lipinski definition) is 5. The Morgan fingerprint density at radius 1 is 1.21 bits per heavy atom. The van der Waals surface area contributed by atoms with E-state index in [1.54, 1.807) is 24.8 Å². The van der Waals surface area contributed by atoms with E-state index in [1.807, 2.05) is 29.0 Å². The third kappa shape index (κ3) is 4.26. The van der Waals surface area contributed by atoms with E-state index in [9.17, 15) is 4.79 Å². The highest BCUT2D eigenvalue weighted by Crippen LogP contribution is 2.38. The molecule has 1 aliphatic rings. The summed E-state index contributed by atoms with van der Waals surface area (Å²) in [5.41, 5.74) is 1.69. The van der Waals surface area contributed by atoms with Crippen LogP contribution in [0.1, 0.15) is 17.5 Å². The molecule has 1 amide bonds. The molecule has 1 aliphatic heterocycles. The Hall–Kier alpha value is -3.06. The van der Waals surface area contributed by atoms with Gasteiger partial charge in [0.25, 0.3) is 0 Å². The molecule has 3 aromatic rings. The minimum atomic E-state index is -0.107. The minimum Gasteiger partial charge on any atom is -0.489 e. The normalized spacial score (nSPS) is 13.0. The Morgan fingerprint density at radius 2 is 2.11 bits per heavy atom. The molecule has 8 heteroatoms. The highest BCUT2D eigenvalue weighted by Gasteiger charge is 2.16. The van der Waals surface area contributed by atoms with Crippen molar-refractivity contribution in [1.29, 1.82) is 0 Å². The number of nitrogens with zero attached hydrogens (tertiary/aromatic N) is 3. The van der Waals surface area contributed by atoms with Crippen molar-refractivity contribution < 1.29 is 14.3 Å². The molecule has 28 heavy (non-hydrogen) atoms. The molecule has 0 saturated heterocycles. The van der Waals surface area contributed by atoms with Crippen molar-refractivity contribution in [2.75, 3.05) is 13.2 Å². The summed E-state index contributed by atoms with van der Waals surface area (Å²) in [4.78, 5) is 20.7. The highest BCUT2D eigenvalue weighted by atomic mass is 35.5. The summed E-state index contributed by atoms with van der Waals surface area (Å²) in [6.07, 6.45) is 7.95. The van der Waals surface area contributed by atoms with E-state index in [0.717, 1.165) is 23.4 Å². The first-order valence-corrected chi connectivity index (χ1v) is 9.35.